The molecule has 3 nitrogen and oxygen atoms in total. The van der Waals surface area contributed by atoms with Crippen LogP contribution < -0.4 is 11.1 Å². The van der Waals surface area contributed by atoms with E-state index in [1.165, 1.54) is 12.1 Å². The minimum absolute atomic E-state index is 0.280. The highest BCUT2D eigenvalue weighted by Gasteiger charge is 2.08. The molecule has 6 heteroatoms. The molecule has 0 unspecified atom stereocenters. The molecule has 0 aliphatic rings. The highest BCUT2D eigenvalue weighted by molar-refractivity contribution is 9.10. The average Bonchev–Trinajstić information content (AvgIpc) is 2.37. The van der Waals surface area contributed by atoms with Crippen molar-refractivity contribution in [1.82, 2.24) is 0 Å². The molecule has 0 aromatic heterocycles. The number of rotatable bonds is 4. The lowest BCUT2D eigenvalue weighted by Crippen LogP contribution is -2.11. The third-order valence-corrected chi connectivity index (χ3v) is 3.61. The van der Waals surface area contributed by atoms with Crippen molar-refractivity contribution in [1.29, 1.82) is 0 Å². The first kappa shape index (κ1) is 14.8. The summed E-state index contributed by atoms with van der Waals surface area (Å²) in [5.41, 5.74) is 7.13. The zero-order valence-corrected chi connectivity index (χ0v) is 12.6. The standard InChI is InChI=1S/C14H11BrClFN2O/c15-11-5-10(17)6-12(16)13(11)19-7-8-2-1-3-9(4-8)14(18)20/h1-6,19H,7H2,(H2,18,20). The van der Waals surface area contributed by atoms with Crippen LogP contribution in [0.25, 0.3) is 0 Å². The van der Waals surface area contributed by atoms with Crippen LogP contribution in [0.4, 0.5) is 10.1 Å². The van der Waals surface area contributed by atoms with Crippen LogP contribution >= 0.6 is 27.5 Å². The topological polar surface area (TPSA) is 55.1 Å². The summed E-state index contributed by atoms with van der Waals surface area (Å²) < 4.78 is 13.7. The molecule has 0 heterocycles. The van der Waals surface area contributed by atoms with Gasteiger partial charge in [0.2, 0.25) is 5.91 Å². The van der Waals surface area contributed by atoms with Crippen LogP contribution in [0.5, 0.6) is 0 Å². The van der Waals surface area contributed by atoms with Crippen LogP contribution in [-0.2, 0) is 6.54 Å². The lowest BCUT2D eigenvalue weighted by Gasteiger charge is -2.11. The summed E-state index contributed by atoms with van der Waals surface area (Å²) in [6.45, 7) is 0.436. The Morgan fingerprint density at radius 2 is 2.10 bits per heavy atom. The monoisotopic (exact) mass is 356 g/mol. The summed E-state index contributed by atoms with van der Waals surface area (Å²) in [4.78, 5) is 11.1. The van der Waals surface area contributed by atoms with E-state index in [4.69, 9.17) is 17.3 Å². The fraction of sp³-hybridized carbons (Fsp3) is 0.0714. The lowest BCUT2D eigenvalue weighted by atomic mass is 10.1. The smallest absolute Gasteiger partial charge is 0.248 e. The number of halogens is 3. The van der Waals surface area contributed by atoms with Gasteiger partial charge in [0, 0.05) is 16.6 Å². The Morgan fingerprint density at radius 3 is 2.75 bits per heavy atom. The molecule has 0 saturated heterocycles. The van der Waals surface area contributed by atoms with Crippen molar-refractivity contribution in [2.75, 3.05) is 5.32 Å². The molecule has 1 amide bonds. The van der Waals surface area contributed by atoms with E-state index in [-0.39, 0.29) is 5.02 Å². The number of hydrogen-bond donors (Lipinski definition) is 2. The quantitative estimate of drug-likeness (QED) is 0.870. The predicted molar refractivity (Wildman–Crippen MR) is 81.4 cm³/mol. The third-order valence-electron chi connectivity index (χ3n) is 2.69. The van der Waals surface area contributed by atoms with Gasteiger partial charge in [0.25, 0.3) is 0 Å². The summed E-state index contributed by atoms with van der Waals surface area (Å²) in [6.07, 6.45) is 0. The number of carbonyl (C=O) groups is 1. The number of amides is 1. The molecule has 0 atom stereocenters. The van der Waals surface area contributed by atoms with Gasteiger partial charge in [-0.3, -0.25) is 4.79 Å². The van der Waals surface area contributed by atoms with Gasteiger partial charge in [-0.15, -0.1) is 0 Å². The van der Waals surface area contributed by atoms with Crippen molar-refractivity contribution < 1.29 is 9.18 Å². The first-order chi connectivity index (χ1) is 9.47. The second-order valence-corrected chi connectivity index (χ2v) is 5.42. The third kappa shape index (κ3) is 3.49. The lowest BCUT2D eigenvalue weighted by molar-refractivity contribution is 0.1000. The van der Waals surface area contributed by atoms with Gasteiger partial charge in [0.15, 0.2) is 0 Å². The Balaban J connectivity index is 2.17. The maximum absolute atomic E-state index is 13.1. The number of benzene rings is 2. The Labute approximate surface area is 129 Å². The van der Waals surface area contributed by atoms with Crippen molar-refractivity contribution in [2.45, 2.75) is 6.54 Å². The summed E-state index contributed by atoms with van der Waals surface area (Å²) in [5, 5.41) is 3.37. The van der Waals surface area contributed by atoms with Gasteiger partial charge < -0.3 is 11.1 Å². The SMILES string of the molecule is NC(=O)c1cccc(CNc2c(Cl)cc(F)cc2Br)c1. The van der Waals surface area contributed by atoms with E-state index in [1.807, 2.05) is 6.07 Å². The molecule has 2 aromatic rings. The van der Waals surface area contributed by atoms with Crippen LogP contribution in [0.15, 0.2) is 40.9 Å². The van der Waals surface area contributed by atoms with Crippen molar-refractivity contribution >= 4 is 39.1 Å². The molecule has 0 radical (unpaired) electrons. The first-order valence-electron chi connectivity index (χ1n) is 5.74. The van der Waals surface area contributed by atoms with E-state index in [0.29, 0.717) is 22.3 Å². The van der Waals surface area contributed by atoms with E-state index >= 15 is 0 Å². The molecule has 0 aliphatic carbocycles. The van der Waals surface area contributed by atoms with Crippen LogP contribution in [0.2, 0.25) is 5.02 Å². The fourth-order valence-electron chi connectivity index (χ4n) is 1.74. The van der Waals surface area contributed by atoms with Gasteiger partial charge in [-0.05, 0) is 45.8 Å². The van der Waals surface area contributed by atoms with Crippen LogP contribution in [0.1, 0.15) is 15.9 Å². The maximum Gasteiger partial charge on any atom is 0.248 e. The summed E-state index contributed by atoms with van der Waals surface area (Å²) in [7, 11) is 0. The van der Waals surface area contributed by atoms with Gasteiger partial charge in [-0.2, -0.15) is 0 Å². The Morgan fingerprint density at radius 1 is 1.35 bits per heavy atom. The minimum atomic E-state index is -0.479. The zero-order chi connectivity index (χ0) is 14.7. The first-order valence-corrected chi connectivity index (χ1v) is 6.91. The molecule has 0 spiro atoms. The van der Waals surface area contributed by atoms with E-state index in [0.717, 1.165) is 5.56 Å². The van der Waals surface area contributed by atoms with Crippen molar-refractivity contribution in [3.05, 3.63) is 62.8 Å². The Bertz CT molecular complexity index is 640. The molecule has 3 N–H and O–H groups in total. The fourth-order valence-corrected chi connectivity index (χ4v) is 2.70. The molecule has 0 bridgehead atoms. The summed E-state index contributed by atoms with van der Waals surface area (Å²) in [5.74, 6) is -0.893. The van der Waals surface area contributed by atoms with Crippen molar-refractivity contribution in [2.24, 2.45) is 5.73 Å². The number of carbonyl (C=O) groups excluding carboxylic acids is 1. The number of anilines is 1. The summed E-state index contributed by atoms with van der Waals surface area (Å²) in [6, 6.07) is 9.50. The molecule has 20 heavy (non-hydrogen) atoms. The van der Waals surface area contributed by atoms with Crippen LogP contribution in [0.3, 0.4) is 0 Å². The zero-order valence-electron chi connectivity index (χ0n) is 10.3. The van der Waals surface area contributed by atoms with Gasteiger partial charge in [-0.25, -0.2) is 4.39 Å². The van der Waals surface area contributed by atoms with Crippen LogP contribution in [0, 0.1) is 5.82 Å². The second-order valence-electron chi connectivity index (χ2n) is 4.16. The molecular weight excluding hydrogens is 347 g/mol. The van der Waals surface area contributed by atoms with E-state index in [2.05, 4.69) is 21.2 Å². The minimum Gasteiger partial charge on any atom is -0.379 e. The van der Waals surface area contributed by atoms with E-state index in [1.54, 1.807) is 18.2 Å². The van der Waals surface area contributed by atoms with Crippen molar-refractivity contribution in [3.63, 3.8) is 0 Å². The molecule has 0 aliphatic heterocycles. The van der Waals surface area contributed by atoms with Gasteiger partial charge in [-0.1, -0.05) is 23.7 Å². The van der Waals surface area contributed by atoms with Gasteiger partial charge in [0.1, 0.15) is 5.82 Å². The normalized spacial score (nSPS) is 10.3. The number of nitrogens with one attached hydrogen (secondary N) is 1. The molecular formula is C14H11BrClFN2O. The van der Waals surface area contributed by atoms with Gasteiger partial charge >= 0.3 is 0 Å². The second kappa shape index (κ2) is 6.24. The van der Waals surface area contributed by atoms with E-state index < -0.39 is 11.7 Å². The summed E-state index contributed by atoms with van der Waals surface area (Å²) >= 11 is 9.22. The molecule has 2 rings (SSSR count). The van der Waals surface area contributed by atoms with Crippen LogP contribution in [-0.4, -0.2) is 5.91 Å². The largest absolute Gasteiger partial charge is 0.379 e. The number of hydrogen-bond acceptors (Lipinski definition) is 2. The maximum atomic E-state index is 13.1. The Kier molecular flexibility index (Phi) is 4.62. The molecule has 2 aromatic carbocycles. The van der Waals surface area contributed by atoms with Gasteiger partial charge in [0.05, 0.1) is 10.7 Å². The molecule has 0 fully saturated rings. The molecule has 0 saturated carbocycles. The Hall–Kier alpha value is -1.59. The average molecular weight is 358 g/mol. The number of primary amides is 1. The van der Waals surface area contributed by atoms with Crippen molar-refractivity contribution in [3.8, 4) is 0 Å². The number of nitrogens with two attached hydrogens (primary N) is 1. The molecule has 104 valence electrons. The van der Waals surface area contributed by atoms with E-state index in [9.17, 15) is 9.18 Å². The highest BCUT2D eigenvalue weighted by atomic mass is 79.9. The highest BCUT2D eigenvalue weighted by Crippen LogP contribution is 2.32. The predicted octanol–water partition coefficient (Wildman–Crippen LogP) is 3.95.